The summed E-state index contributed by atoms with van der Waals surface area (Å²) in [5, 5.41) is 2.82. The summed E-state index contributed by atoms with van der Waals surface area (Å²) in [6, 6.07) is 7.70. The third kappa shape index (κ3) is 3.74. The van der Waals surface area contributed by atoms with E-state index < -0.39 is 5.41 Å². The van der Waals surface area contributed by atoms with Crippen molar-refractivity contribution in [3.05, 3.63) is 29.8 Å². The van der Waals surface area contributed by atoms with Gasteiger partial charge in [-0.15, -0.1) is 0 Å². The third-order valence-electron chi connectivity index (χ3n) is 3.39. The zero-order valence-corrected chi connectivity index (χ0v) is 13.0. The number of benzene rings is 1. The molecule has 5 nitrogen and oxygen atoms in total. The summed E-state index contributed by atoms with van der Waals surface area (Å²) in [4.78, 5) is 25.3. The van der Waals surface area contributed by atoms with Crippen molar-refractivity contribution in [3.63, 3.8) is 0 Å². The van der Waals surface area contributed by atoms with Crippen molar-refractivity contribution in [1.29, 1.82) is 0 Å². The summed E-state index contributed by atoms with van der Waals surface area (Å²) in [6.07, 6.45) is -0.682. The number of aryl methyl sites for hydroxylation is 1. The topological polar surface area (TPSA) is 58.6 Å². The van der Waals surface area contributed by atoms with Gasteiger partial charge < -0.3 is 10.1 Å². The van der Waals surface area contributed by atoms with E-state index in [0.717, 1.165) is 11.3 Å². The van der Waals surface area contributed by atoms with E-state index in [0.29, 0.717) is 13.1 Å². The van der Waals surface area contributed by atoms with E-state index in [1.165, 1.54) is 0 Å². The molecule has 2 rings (SSSR count). The van der Waals surface area contributed by atoms with Crippen LogP contribution in [0.3, 0.4) is 0 Å². The van der Waals surface area contributed by atoms with Crippen LogP contribution in [0, 0.1) is 12.3 Å². The summed E-state index contributed by atoms with van der Waals surface area (Å²) in [5.74, 6) is -0.0488. The number of nitrogens with one attached hydrogen (secondary N) is 1. The Labute approximate surface area is 125 Å². The van der Waals surface area contributed by atoms with Crippen LogP contribution in [0.4, 0.5) is 10.5 Å². The molecule has 0 unspecified atom stereocenters. The molecule has 0 saturated carbocycles. The molecule has 21 heavy (non-hydrogen) atoms. The second-order valence-corrected chi connectivity index (χ2v) is 6.41. The van der Waals surface area contributed by atoms with E-state index >= 15 is 0 Å². The van der Waals surface area contributed by atoms with Crippen LogP contribution in [0.1, 0.15) is 26.3 Å². The monoisotopic (exact) mass is 290 g/mol. The number of carbonyl (C=O) groups excluding carboxylic acids is 2. The molecule has 1 heterocycles. The van der Waals surface area contributed by atoms with Gasteiger partial charge in [-0.3, -0.25) is 9.69 Å². The molecule has 5 heteroatoms. The van der Waals surface area contributed by atoms with Crippen molar-refractivity contribution in [2.45, 2.75) is 33.8 Å². The molecule has 2 amide bonds. The minimum atomic E-state index is -0.445. The van der Waals surface area contributed by atoms with E-state index in [-0.39, 0.29) is 18.1 Å². The number of rotatable bonds is 3. The zero-order valence-electron chi connectivity index (χ0n) is 13.0. The molecule has 1 atom stereocenters. The van der Waals surface area contributed by atoms with Crippen molar-refractivity contribution < 1.29 is 14.3 Å². The maximum atomic E-state index is 11.9. The van der Waals surface area contributed by atoms with E-state index in [9.17, 15) is 9.59 Å². The van der Waals surface area contributed by atoms with Crippen LogP contribution in [-0.2, 0) is 9.53 Å². The van der Waals surface area contributed by atoms with Gasteiger partial charge in [0.25, 0.3) is 0 Å². The van der Waals surface area contributed by atoms with Gasteiger partial charge >= 0.3 is 6.09 Å². The Morgan fingerprint density at radius 1 is 1.33 bits per heavy atom. The number of carbonyl (C=O) groups is 2. The molecule has 0 bridgehead atoms. The highest BCUT2D eigenvalue weighted by atomic mass is 16.6. The highest BCUT2D eigenvalue weighted by Gasteiger charge is 2.33. The van der Waals surface area contributed by atoms with E-state index in [1.54, 1.807) is 4.90 Å². The molecule has 1 aliphatic rings. The standard InChI is InChI=1S/C16H22N2O3/c1-11-5-7-12(8-6-11)18-10-13(21-15(18)20)9-17-14(19)16(2,3)4/h5-8,13H,9-10H2,1-4H3,(H,17,19)/t13-/m1/s1. The first-order valence-electron chi connectivity index (χ1n) is 7.10. The Morgan fingerprint density at radius 2 is 1.95 bits per heavy atom. The van der Waals surface area contributed by atoms with Gasteiger partial charge in [0, 0.05) is 11.1 Å². The Balaban J connectivity index is 1.94. The fourth-order valence-corrected chi connectivity index (χ4v) is 2.04. The predicted octanol–water partition coefficient (Wildman–Crippen LogP) is 2.48. The van der Waals surface area contributed by atoms with Gasteiger partial charge in [0.1, 0.15) is 6.10 Å². The first-order chi connectivity index (χ1) is 9.77. The average Bonchev–Trinajstić information content (AvgIpc) is 2.77. The van der Waals surface area contributed by atoms with Crippen LogP contribution < -0.4 is 10.2 Å². The molecule has 1 fully saturated rings. The summed E-state index contributed by atoms with van der Waals surface area (Å²) in [7, 11) is 0. The lowest BCUT2D eigenvalue weighted by molar-refractivity contribution is -0.128. The van der Waals surface area contributed by atoms with E-state index in [2.05, 4.69) is 5.32 Å². The fourth-order valence-electron chi connectivity index (χ4n) is 2.04. The molecular formula is C16H22N2O3. The van der Waals surface area contributed by atoms with Gasteiger partial charge in [-0.2, -0.15) is 0 Å². The molecule has 1 N–H and O–H groups in total. The van der Waals surface area contributed by atoms with Crippen LogP contribution in [0.2, 0.25) is 0 Å². The highest BCUT2D eigenvalue weighted by molar-refractivity contribution is 5.89. The Hall–Kier alpha value is -2.04. The van der Waals surface area contributed by atoms with Crippen molar-refractivity contribution in [3.8, 4) is 0 Å². The van der Waals surface area contributed by atoms with Gasteiger partial charge in [0.15, 0.2) is 0 Å². The number of cyclic esters (lactones) is 1. The number of nitrogens with zero attached hydrogens (tertiary/aromatic N) is 1. The molecular weight excluding hydrogens is 268 g/mol. The molecule has 0 spiro atoms. The molecule has 1 aliphatic heterocycles. The lowest BCUT2D eigenvalue weighted by atomic mass is 9.96. The first kappa shape index (κ1) is 15.4. The van der Waals surface area contributed by atoms with Gasteiger partial charge in [0.2, 0.25) is 5.91 Å². The molecule has 0 radical (unpaired) electrons. The normalized spacial score (nSPS) is 18.6. The van der Waals surface area contributed by atoms with Crippen molar-refractivity contribution >= 4 is 17.7 Å². The minimum Gasteiger partial charge on any atom is -0.442 e. The predicted molar refractivity (Wildman–Crippen MR) is 81.3 cm³/mol. The van der Waals surface area contributed by atoms with Crippen molar-refractivity contribution in [2.24, 2.45) is 5.41 Å². The lowest BCUT2D eigenvalue weighted by Gasteiger charge is -2.19. The molecule has 0 aliphatic carbocycles. The largest absolute Gasteiger partial charge is 0.442 e. The minimum absolute atomic E-state index is 0.0488. The molecule has 1 saturated heterocycles. The Morgan fingerprint density at radius 3 is 2.52 bits per heavy atom. The zero-order chi connectivity index (χ0) is 15.6. The maximum Gasteiger partial charge on any atom is 0.414 e. The van der Waals surface area contributed by atoms with Crippen LogP contribution in [-0.4, -0.2) is 31.2 Å². The van der Waals surface area contributed by atoms with Crippen LogP contribution in [0.15, 0.2) is 24.3 Å². The number of anilines is 1. The first-order valence-corrected chi connectivity index (χ1v) is 7.10. The second kappa shape index (κ2) is 5.76. The Bertz CT molecular complexity index is 531. The smallest absolute Gasteiger partial charge is 0.414 e. The number of amides is 2. The van der Waals surface area contributed by atoms with Gasteiger partial charge in [-0.05, 0) is 19.1 Å². The number of ether oxygens (including phenoxy) is 1. The van der Waals surface area contributed by atoms with Gasteiger partial charge in [-0.1, -0.05) is 38.5 Å². The van der Waals surface area contributed by atoms with Crippen molar-refractivity contribution in [2.75, 3.05) is 18.0 Å². The summed E-state index contributed by atoms with van der Waals surface area (Å²) in [5.41, 5.74) is 1.51. The van der Waals surface area contributed by atoms with Crippen LogP contribution >= 0.6 is 0 Å². The summed E-state index contributed by atoms with van der Waals surface area (Å²) >= 11 is 0. The number of hydrogen-bond donors (Lipinski definition) is 1. The molecule has 0 aromatic heterocycles. The molecule has 1 aromatic rings. The Kier molecular flexibility index (Phi) is 4.21. The molecule has 114 valence electrons. The fraction of sp³-hybridized carbons (Fsp3) is 0.500. The number of hydrogen-bond acceptors (Lipinski definition) is 3. The lowest BCUT2D eigenvalue weighted by Crippen LogP contribution is -2.40. The highest BCUT2D eigenvalue weighted by Crippen LogP contribution is 2.22. The van der Waals surface area contributed by atoms with Gasteiger partial charge in [-0.25, -0.2) is 4.79 Å². The van der Waals surface area contributed by atoms with Crippen LogP contribution in [0.25, 0.3) is 0 Å². The second-order valence-electron chi connectivity index (χ2n) is 6.41. The van der Waals surface area contributed by atoms with Gasteiger partial charge in [0.05, 0.1) is 13.1 Å². The quantitative estimate of drug-likeness (QED) is 0.930. The van der Waals surface area contributed by atoms with E-state index in [1.807, 2.05) is 52.0 Å². The molecule has 1 aromatic carbocycles. The SMILES string of the molecule is Cc1ccc(N2C[C@@H](CNC(=O)C(C)(C)C)OC2=O)cc1. The van der Waals surface area contributed by atoms with Crippen LogP contribution in [0.5, 0.6) is 0 Å². The maximum absolute atomic E-state index is 11.9. The van der Waals surface area contributed by atoms with E-state index in [4.69, 9.17) is 4.74 Å². The summed E-state index contributed by atoms with van der Waals surface area (Å²) in [6.45, 7) is 8.33. The van der Waals surface area contributed by atoms with Crippen molar-refractivity contribution in [1.82, 2.24) is 5.32 Å². The third-order valence-corrected chi connectivity index (χ3v) is 3.39. The average molecular weight is 290 g/mol. The summed E-state index contributed by atoms with van der Waals surface area (Å²) < 4.78 is 5.29.